The molecule has 0 spiro atoms. The van der Waals surface area contributed by atoms with Crippen molar-refractivity contribution < 1.29 is 8.78 Å². The predicted molar refractivity (Wildman–Crippen MR) is 165 cm³/mol. The van der Waals surface area contributed by atoms with Crippen molar-refractivity contribution in [2.24, 2.45) is 0 Å². The van der Waals surface area contributed by atoms with Crippen molar-refractivity contribution in [1.82, 2.24) is 0 Å². The molecule has 0 fully saturated rings. The van der Waals surface area contributed by atoms with Gasteiger partial charge in [-0.3, -0.25) is 0 Å². The summed E-state index contributed by atoms with van der Waals surface area (Å²) in [4.78, 5) is 9.78. The van der Waals surface area contributed by atoms with Gasteiger partial charge in [0.25, 0.3) is 11.4 Å². The van der Waals surface area contributed by atoms with E-state index in [9.17, 15) is 10.5 Å². The fourth-order valence-electron chi connectivity index (χ4n) is 5.95. The molecule has 0 amide bonds. The van der Waals surface area contributed by atoms with Crippen LogP contribution in [-0.4, -0.2) is 0 Å². The third-order valence-corrected chi connectivity index (χ3v) is 10.3. The summed E-state index contributed by atoms with van der Waals surface area (Å²) in [5.74, 6) is -1.42. The van der Waals surface area contributed by atoms with E-state index in [1.165, 1.54) is 22.7 Å². The first kappa shape index (κ1) is 29.4. The highest BCUT2D eigenvalue weighted by atomic mass is 32.1. The third kappa shape index (κ3) is 4.76. The van der Waals surface area contributed by atoms with Crippen molar-refractivity contribution in [2.45, 2.75) is 78.1 Å². The first-order valence-corrected chi connectivity index (χ1v) is 15.9. The van der Waals surface area contributed by atoms with E-state index in [0.717, 1.165) is 74.0 Å². The van der Waals surface area contributed by atoms with Gasteiger partial charge in [0.15, 0.2) is 0 Å². The van der Waals surface area contributed by atoms with Crippen molar-refractivity contribution in [3.8, 4) is 33.0 Å². The van der Waals surface area contributed by atoms with E-state index in [2.05, 4.69) is 23.5 Å². The van der Waals surface area contributed by atoms with Crippen LogP contribution < -0.4 is 0 Å². The molecule has 5 rings (SSSR count). The van der Waals surface area contributed by atoms with Crippen LogP contribution in [0, 0.1) is 47.4 Å². The Morgan fingerprint density at radius 3 is 1.43 bits per heavy atom. The zero-order chi connectivity index (χ0) is 30.0. The van der Waals surface area contributed by atoms with Gasteiger partial charge in [0.1, 0.15) is 11.6 Å². The molecule has 0 atom stereocenters. The Balaban J connectivity index is 1.75. The van der Waals surface area contributed by atoms with Crippen LogP contribution in [0.3, 0.4) is 0 Å². The van der Waals surface area contributed by atoms with Gasteiger partial charge in [0.2, 0.25) is 0 Å². The van der Waals surface area contributed by atoms with Gasteiger partial charge < -0.3 is 0 Å². The summed E-state index contributed by atoms with van der Waals surface area (Å²) in [6.07, 6.45) is 10.0. The van der Waals surface area contributed by atoms with Crippen LogP contribution in [0.1, 0.15) is 97.2 Å². The Bertz CT molecular complexity index is 1660. The zero-order valence-corrected chi connectivity index (χ0v) is 25.2. The van der Waals surface area contributed by atoms with Crippen LogP contribution in [0.2, 0.25) is 0 Å². The number of benzene rings is 1. The van der Waals surface area contributed by atoms with Crippen molar-refractivity contribution in [3.63, 3.8) is 0 Å². The van der Waals surface area contributed by atoms with Gasteiger partial charge in [-0.2, -0.15) is 0 Å². The lowest BCUT2D eigenvalue weighted by Gasteiger charge is -2.14. The normalized spacial score (nSPS) is 14.7. The Labute approximate surface area is 253 Å². The molecule has 0 saturated heterocycles. The maximum absolute atomic E-state index is 16.9. The van der Waals surface area contributed by atoms with E-state index in [0.29, 0.717) is 20.9 Å². The topological polar surface area (TPSA) is 56.3 Å². The highest BCUT2D eigenvalue weighted by molar-refractivity contribution is 7.16. The van der Waals surface area contributed by atoms with Gasteiger partial charge in [-0.25, -0.2) is 29.0 Å². The lowest BCUT2D eigenvalue weighted by molar-refractivity contribution is 0.603. The summed E-state index contributed by atoms with van der Waals surface area (Å²) in [5, 5.41) is 19.7. The molecular weight excluding hydrogens is 567 g/mol. The molecule has 210 valence electrons. The molecule has 4 nitrogen and oxygen atoms in total. The number of thiophene rings is 2. The SMILES string of the molecule is [C-]#[N+]/C(C#N)=C1\c2cc(CCCCCC)sc2-c2c(F)c3c(c(F)c21)-c1sc(CCCCCC)cc1/C3=C(\C#N)[N+]#[C-]. The number of allylic oxidation sites excluding steroid dienone is 2. The minimum Gasteiger partial charge on any atom is -0.226 e. The average molecular weight is 595 g/mol. The van der Waals surface area contributed by atoms with E-state index in [-0.39, 0.29) is 44.8 Å². The molecule has 0 saturated carbocycles. The molecule has 0 bridgehead atoms. The number of hydrogen-bond acceptors (Lipinski definition) is 4. The fourth-order valence-corrected chi connectivity index (χ4v) is 8.45. The van der Waals surface area contributed by atoms with Crippen LogP contribution in [0.15, 0.2) is 23.5 Å². The summed E-state index contributed by atoms with van der Waals surface area (Å²) in [5.41, 5.74) is 0.635. The maximum Gasteiger partial charge on any atom is 0.270 e. The highest BCUT2D eigenvalue weighted by Gasteiger charge is 2.42. The molecule has 2 aliphatic carbocycles. The molecule has 2 aliphatic rings. The number of nitriles is 2. The smallest absolute Gasteiger partial charge is 0.226 e. The Kier molecular flexibility index (Phi) is 8.70. The number of unbranched alkanes of at least 4 members (excludes halogenated alkanes) is 6. The summed E-state index contributed by atoms with van der Waals surface area (Å²) in [7, 11) is 0. The molecule has 2 heterocycles. The number of aryl methyl sites for hydroxylation is 2. The van der Waals surface area contributed by atoms with Crippen LogP contribution in [0.4, 0.5) is 8.78 Å². The number of halogens is 2. The second-order valence-corrected chi connectivity index (χ2v) is 12.8. The second-order valence-electron chi connectivity index (χ2n) is 10.6. The van der Waals surface area contributed by atoms with E-state index in [1.807, 2.05) is 24.3 Å². The van der Waals surface area contributed by atoms with Crippen molar-refractivity contribution in [3.05, 3.63) is 90.0 Å². The van der Waals surface area contributed by atoms with Crippen molar-refractivity contribution in [1.29, 1.82) is 10.5 Å². The largest absolute Gasteiger partial charge is 0.270 e. The first-order chi connectivity index (χ1) is 20.4. The average Bonchev–Trinajstić information content (AvgIpc) is 3.73. The highest BCUT2D eigenvalue weighted by Crippen LogP contribution is 2.60. The molecular formula is C34H28F2N4S2. The monoisotopic (exact) mass is 594 g/mol. The van der Waals surface area contributed by atoms with Gasteiger partial charge in [-0.1, -0.05) is 52.4 Å². The molecule has 8 heteroatoms. The Morgan fingerprint density at radius 1 is 0.690 bits per heavy atom. The Hall–Kier alpha value is -4.08. The van der Waals surface area contributed by atoms with E-state index in [1.54, 1.807) is 0 Å². The van der Waals surface area contributed by atoms with Crippen molar-refractivity contribution >= 4 is 33.8 Å². The number of hydrogen-bond donors (Lipinski definition) is 0. The van der Waals surface area contributed by atoms with E-state index >= 15 is 8.78 Å². The molecule has 0 unspecified atom stereocenters. The molecule has 0 aliphatic heterocycles. The molecule has 0 radical (unpaired) electrons. The van der Waals surface area contributed by atoms with Crippen LogP contribution >= 0.6 is 22.7 Å². The summed E-state index contributed by atoms with van der Waals surface area (Å²) in [6.45, 7) is 19.6. The molecule has 0 N–H and O–H groups in total. The molecule has 2 aromatic heterocycles. The lowest BCUT2D eigenvalue weighted by atomic mass is 9.94. The van der Waals surface area contributed by atoms with Gasteiger partial charge in [-0.15, -0.1) is 22.7 Å². The summed E-state index contributed by atoms with van der Waals surface area (Å²) < 4.78 is 33.7. The lowest BCUT2D eigenvalue weighted by Crippen LogP contribution is -2.01. The first-order valence-electron chi connectivity index (χ1n) is 14.3. The number of nitrogens with zero attached hydrogens (tertiary/aromatic N) is 4. The predicted octanol–water partition coefficient (Wildman–Crippen LogP) is 10.7. The summed E-state index contributed by atoms with van der Waals surface area (Å²) in [6, 6.07) is 7.57. The minimum atomic E-state index is -0.710. The second kappa shape index (κ2) is 12.4. The van der Waals surface area contributed by atoms with Gasteiger partial charge >= 0.3 is 0 Å². The Morgan fingerprint density at radius 2 is 1.10 bits per heavy atom. The maximum atomic E-state index is 16.9. The van der Waals surface area contributed by atoms with Crippen LogP contribution in [-0.2, 0) is 12.8 Å². The number of rotatable bonds is 10. The fraction of sp³-hybridized carbons (Fsp3) is 0.353. The minimum absolute atomic E-state index is 0.0205. The zero-order valence-electron chi connectivity index (χ0n) is 23.6. The van der Waals surface area contributed by atoms with Crippen LogP contribution in [0.5, 0.6) is 0 Å². The van der Waals surface area contributed by atoms with E-state index < -0.39 is 11.6 Å². The quantitative estimate of drug-likeness (QED) is 0.0917. The molecule has 1 aromatic carbocycles. The molecule has 42 heavy (non-hydrogen) atoms. The summed E-state index contributed by atoms with van der Waals surface area (Å²) >= 11 is 2.73. The molecule has 3 aromatic rings. The third-order valence-electron chi connectivity index (χ3n) is 7.90. The number of fused-ring (bicyclic) bond motifs is 6. The van der Waals surface area contributed by atoms with E-state index in [4.69, 9.17) is 13.1 Å². The van der Waals surface area contributed by atoms with Gasteiger partial charge in [0, 0.05) is 52.9 Å². The van der Waals surface area contributed by atoms with Crippen LogP contribution in [0.25, 0.3) is 41.7 Å². The van der Waals surface area contributed by atoms with Gasteiger partial charge in [-0.05, 0) is 48.9 Å². The standard InChI is InChI=1S/C34H28F2N4S2/c1-5-7-9-11-13-19-15-21-25(23(17-37)39-3)27-29(33(21)41-19)31(35)28-26(24(18-38)40-4)22-16-20(14-12-10-8-6-2)42-34(22)30(28)32(27)36/h15-16H,5-14H2,1-2H3/b25-23-,26-24+. The van der Waals surface area contributed by atoms with Gasteiger partial charge in [0.05, 0.1) is 25.3 Å². The van der Waals surface area contributed by atoms with Crippen molar-refractivity contribution in [2.75, 3.05) is 0 Å².